The molecular weight excluding hydrogens is 303 g/mol. The molecule has 0 aromatic carbocycles. The molecule has 1 aliphatic heterocycles. The van der Waals surface area contributed by atoms with Crippen molar-refractivity contribution in [2.75, 3.05) is 5.75 Å². The molecule has 0 bridgehead atoms. The van der Waals surface area contributed by atoms with Gasteiger partial charge in [-0.2, -0.15) is 20.2 Å². The van der Waals surface area contributed by atoms with Gasteiger partial charge in [-0.25, -0.2) is 0 Å². The van der Waals surface area contributed by atoms with Crippen LogP contribution >= 0.6 is 23.5 Å². The fourth-order valence-electron chi connectivity index (χ4n) is 0.814. The second-order valence-corrected chi connectivity index (χ2v) is 5.76. The van der Waals surface area contributed by atoms with Gasteiger partial charge >= 0.3 is 103 Å². The molecule has 0 atom stereocenters. The van der Waals surface area contributed by atoms with E-state index < -0.39 is 0 Å². The third kappa shape index (κ3) is 9.88. The van der Waals surface area contributed by atoms with Gasteiger partial charge in [0.05, 0.1) is 0 Å². The third-order valence-corrected chi connectivity index (χ3v) is 4.71. The molecule has 0 saturated carbocycles. The van der Waals surface area contributed by atoms with Crippen LogP contribution in [0, 0.1) is 0 Å². The van der Waals surface area contributed by atoms with Crippen LogP contribution in [0.4, 0.5) is 0 Å². The average molecular weight is 313 g/mol. The number of allylic oxidation sites excluding steroid dienone is 1. The summed E-state index contributed by atoms with van der Waals surface area (Å²) in [6, 6.07) is 0. The van der Waals surface area contributed by atoms with Gasteiger partial charge in [-0.15, -0.1) is 11.8 Å². The fraction of sp³-hybridized carbons (Fsp3) is 0.500. The molecule has 0 radical (unpaired) electrons. The van der Waals surface area contributed by atoms with E-state index in [0.29, 0.717) is 0 Å². The molecule has 0 aliphatic carbocycles. The van der Waals surface area contributed by atoms with Crippen molar-refractivity contribution < 1.29 is 103 Å². The van der Waals surface area contributed by atoms with Crippen molar-refractivity contribution >= 4 is 48.8 Å². The number of rotatable bonds is 0. The van der Waals surface area contributed by atoms with Crippen LogP contribution < -0.4 is 103 Å². The Kier molecular flexibility index (Phi) is 19.2. The van der Waals surface area contributed by atoms with E-state index in [1.54, 1.807) is 23.5 Å². The zero-order chi connectivity index (χ0) is 8.81. The van der Waals surface area contributed by atoms with Crippen LogP contribution in [0.25, 0.3) is 0 Å². The molecule has 0 spiro atoms. The van der Waals surface area contributed by atoms with Gasteiger partial charge in [0.2, 0.25) is 0 Å². The Hall–Kier alpha value is 3.89. The maximum absolute atomic E-state index is 5.15. The molecule has 0 fully saturated rings. The van der Waals surface area contributed by atoms with Crippen molar-refractivity contribution in [3.63, 3.8) is 0 Å². The van der Waals surface area contributed by atoms with Gasteiger partial charge in [0, 0.05) is 0 Å². The third-order valence-electron chi connectivity index (χ3n) is 1.44. The zero-order valence-electron chi connectivity index (χ0n) is 8.62. The van der Waals surface area contributed by atoms with Crippen molar-refractivity contribution in [2.45, 2.75) is 19.3 Å². The minimum Gasteiger partial charge on any atom is -0.774 e. The Balaban J connectivity index is 0. The van der Waals surface area contributed by atoms with Crippen molar-refractivity contribution in [2.24, 2.45) is 0 Å². The van der Waals surface area contributed by atoms with E-state index in [0.717, 1.165) is 14.2 Å². The first-order valence-electron chi connectivity index (χ1n) is 3.83. The summed E-state index contributed by atoms with van der Waals surface area (Å²) in [4.78, 5) is 0. The summed E-state index contributed by atoms with van der Waals surface area (Å²) >= 11 is 13.6. The van der Waals surface area contributed by atoms with Crippen LogP contribution in [0.15, 0.2) is 20.0 Å². The Bertz CT molecular complexity index is 204. The summed E-state index contributed by atoms with van der Waals surface area (Å²) < 4.78 is 1.75. The minimum absolute atomic E-state index is 0. The molecular formula is C8H10K2S4. The quantitative estimate of drug-likeness (QED) is 0.355. The predicted molar refractivity (Wildman–Crippen MR) is 64.8 cm³/mol. The molecule has 0 nitrogen and oxygen atoms in total. The summed E-state index contributed by atoms with van der Waals surface area (Å²) in [6.07, 6.45) is 5.85. The monoisotopic (exact) mass is 312 g/mol. The van der Waals surface area contributed by atoms with Crippen molar-refractivity contribution in [3.05, 3.63) is 20.0 Å². The Morgan fingerprint density at radius 2 is 1.79 bits per heavy atom. The van der Waals surface area contributed by atoms with E-state index in [1.807, 2.05) is 0 Å². The van der Waals surface area contributed by atoms with Crippen LogP contribution in [0.5, 0.6) is 0 Å². The molecule has 0 unspecified atom stereocenters. The van der Waals surface area contributed by atoms with Gasteiger partial charge in [0.25, 0.3) is 0 Å². The van der Waals surface area contributed by atoms with E-state index in [-0.39, 0.29) is 103 Å². The van der Waals surface area contributed by atoms with E-state index in [4.69, 9.17) is 25.3 Å². The van der Waals surface area contributed by atoms with Gasteiger partial charge in [0.1, 0.15) is 0 Å². The summed E-state index contributed by atoms with van der Waals surface area (Å²) in [5.41, 5.74) is 0. The molecule has 68 valence electrons. The zero-order valence-corrected chi connectivity index (χ0v) is 18.1. The molecule has 1 heterocycles. The standard InChI is InChI=1S/C8H12S4.2K/c9-7-8(10)12-6-4-2-1-3-5-11-7;;/h3,5,9-10H,1-2,4,6H2;;/q;2*+1/p-2/b5-3-,8-7-;;. The topological polar surface area (TPSA) is 0 Å². The fourth-order valence-corrected chi connectivity index (χ4v) is 2.98. The van der Waals surface area contributed by atoms with Gasteiger partial charge in [0.15, 0.2) is 0 Å². The Labute approximate surface area is 191 Å². The minimum atomic E-state index is 0. The first-order valence-corrected chi connectivity index (χ1v) is 6.51. The summed E-state index contributed by atoms with van der Waals surface area (Å²) in [5, 5.41) is 2.06. The van der Waals surface area contributed by atoms with Crippen LogP contribution in [0.1, 0.15) is 19.3 Å². The number of hydrogen-bond acceptors (Lipinski definition) is 4. The van der Waals surface area contributed by atoms with Crippen molar-refractivity contribution in [3.8, 4) is 0 Å². The first-order chi connectivity index (χ1) is 5.80. The summed E-state index contributed by atoms with van der Waals surface area (Å²) in [5.74, 6) is 1.12. The molecule has 14 heavy (non-hydrogen) atoms. The summed E-state index contributed by atoms with van der Waals surface area (Å²) in [6.45, 7) is 0. The molecule has 1 rings (SSSR count). The number of hydrogen-bond donors (Lipinski definition) is 0. The Morgan fingerprint density at radius 1 is 1.07 bits per heavy atom. The molecule has 1 aliphatic rings. The SMILES string of the molecule is [K+].[K+].[S-]/C1=C(\[S-])SCCCC/C=C\S1. The van der Waals surface area contributed by atoms with E-state index in [2.05, 4.69) is 11.5 Å². The van der Waals surface area contributed by atoms with E-state index in [1.165, 1.54) is 19.3 Å². The molecule has 0 N–H and O–H groups in total. The second-order valence-electron chi connectivity index (χ2n) is 2.41. The van der Waals surface area contributed by atoms with Crippen LogP contribution in [-0.4, -0.2) is 5.75 Å². The normalized spacial score (nSPS) is 25.4. The molecule has 0 saturated heterocycles. The maximum atomic E-state index is 5.15. The average Bonchev–Trinajstić information content (AvgIpc) is 2.08. The molecule has 0 aromatic heterocycles. The van der Waals surface area contributed by atoms with Crippen LogP contribution in [0.2, 0.25) is 0 Å². The second kappa shape index (κ2) is 13.3. The Morgan fingerprint density at radius 3 is 2.50 bits per heavy atom. The molecule has 6 heteroatoms. The van der Waals surface area contributed by atoms with Crippen molar-refractivity contribution in [1.82, 2.24) is 0 Å². The van der Waals surface area contributed by atoms with Crippen LogP contribution in [-0.2, 0) is 25.3 Å². The van der Waals surface area contributed by atoms with E-state index >= 15 is 0 Å². The van der Waals surface area contributed by atoms with Gasteiger partial charge < -0.3 is 25.3 Å². The van der Waals surface area contributed by atoms with Gasteiger partial charge in [-0.3, -0.25) is 0 Å². The first kappa shape index (κ1) is 20.2. The smallest absolute Gasteiger partial charge is 0.774 e. The van der Waals surface area contributed by atoms with Crippen molar-refractivity contribution in [1.29, 1.82) is 0 Å². The largest absolute Gasteiger partial charge is 1.00 e. The van der Waals surface area contributed by atoms with Gasteiger partial charge in [-0.05, 0) is 30.4 Å². The van der Waals surface area contributed by atoms with Crippen LogP contribution in [0.3, 0.4) is 0 Å². The summed E-state index contributed by atoms with van der Waals surface area (Å²) in [7, 11) is 0. The van der Waals surface area contributed by atoms with Gasteiger partial charge in [-0.1, -0.05) is 6.08 Å². The molecule has 0 amide bonds. The molecule has 0 aromatic rings. The van der Waals surface area contributed by atoms with E-state index in [9.17, 15) is 0 Å². The number of thioether (sulfide) groups is 2. The maximum Gasteiger partial charge on any atom is 1.00 e. The predicted octanol–water partition coefficient (Wildman–Crippen LogP) is -2.62.